The Morgan fingerprint density at radius 3 is 2.53 bits per heavy atom. The van der Waals surface area contributed by atoms with E-state index >= 15 is 0 Å². The highest BCUT2D eigenvalue weighted by Gasteiger charge is 2.27. The van der Waals surface area contributed by atoms with Crippen LogP contribution < -0.4 is 5.32 Å². The van der Waals surface area contributed by atoms with Gasteiger partial charge in [0.25, 0.3) is 0 Å². The van der Waals surface area contributed by atoms with Crippen LogP contribution in [0.5, 0.6) is 0 Å². The summed E-state index contributed by atoms with van der Waals surface area (Å²) in [5.74, 6) is 1.09. The van der Waals surface area contributed by atoms with E-state index in [4.69, 9.17) is 4.42 Å². The second kappa shape index (κ2) is 5.69. The molecule has 0 radical (unpaired) electrons. The average Bonchev–Trinajstić information content (AvgIpc) is 2.68. The second-order valence-corrected chi connectivity index (χ2v) is 7.87. The molecule has 0 amide bonds. The van der Waals surface area contributed by atoms with Crippen molar-refractivity contribution in [2.45, 2.75) is 31.9 Å². The average molecular weight is 259 g/mol. The molecule has 4 nitrogen and oxygen atoms in total. The van der Waals surface area contributed by atoms with Gasteiger partial charge in [0.2, 0.25) is 0 Å². The van der Waals surface area contributed by atoms with Crippen LogP contribution in [-0.4, -0.2) is 32.0 Å². The molecule has 0 atom stereocenters. The predicted octanol–water partition coefficient (Wildman–Crippen LogP) is 1.62. The molecule has 5 heteroatoms. The van der Waals surface area contributed by atoms with Crippen LogP contribution in [0.15, 0.2) is 22.8 Å². The van der Waals surface area contributed by atoms with Crippen LogP contribution in [0.4, 0.5) is 0 Å². The van der Waals surface area contributed by atoms with E-state index in [-0.39, 0.29) is 5.75 Å². The molecule has 1 rings (SSSR count). The van der Waals surface area contributed by atoms with Crippen molar-refractivity contribution in [3.8, 4) is 0 Å². The largest absolute Gasteiger partial charge is 0.469 e. The zero-order valence-electron chi connectivity index (χ0n) is 10.7. The molecule has 0 aliphatic heterocycles. The van der Waals surface area contributed by atoms with E-state index in [1.807, 2.05) is 12.1 Å². The Hall–Kier alpha value is -0.810. The highest BCUT2D eigenvalue weighted by atomic mass is 32.2. The molecule has 0 aliphatic rings. The Bertz CT molecular complexity index is 415. The lowest BCUT2D eigenvalue weighted by atomic mass is 10.3. The normalized spacial score (nSPS) is 12.9. The molecule has 17 heavy (non-hydrogen) atoms. The molecule has 0 bridgehead atoms. The van der Waals surface area contributed by atoms with E-state index in [1.165, 1.54) is 0 Å². The van der Waals surface area contributed by atoms with Crippen LogP contribution >= 0.6 is 0 Å². The monoisotopic (exact) mass is 259 g/mol. The first kappa shape index (κ1) is 14.3. The molecule has 1 heterocycles. The topological polar surface area (TPSA) is 59.3 Å². The van der Waals surface area contributed by atoms with Gasteiger partial charge in [-0.25, -0.2) is 8.42 Å². The lowest BCUT2D eigenvalue weighted by Gasteiger charge is -2.19. The molecule has 1 N–H and O–H groups in total. The zero-order chi connectivity index (χ0) is 12.9. The molecule has 1 aromatic rings. The van der Waals surface area contributed by atoms with Crippen molar-refractivity contribution in [3.63, 3.8) is 0 Å². The molecule has 0 fully saturated rings. The summed E-state index contributed by atoms with van der Waals surface area (Å²) in [5, 5.41) is 3.11. The minimum Gasteiger partial charge on any atom is -0.469 e. The highest BCUT2D eigenvalue weighted by molar-refractivity contribution is 7.92. The Labute approximate surface area is 103 Å². The summed E-state index contributed by atoms with van der Waals surface area (Å²) in [4.78, 5) is 0. The lowest BCUT2D eigenvalue weighted by Crippen LogP contribution is -2.35. The third kappa shape index (κ3) is 4.52. The van der Waals surface area contributed by atoms with Crippen molar-refractivity contribution >= 4 is 9.84 Å². The minimum atomic E-state index is -3.02. The molecule has 0 spiro atoms. The molecular formula is C12H21NO3S. The first-order chi connectivity index (χ1) is 7.83. The van der Waals surface area contributed by atoms with Gasteiger partial charge in [0.15, 0.2) is 9.84 Å². The third-order valence-corrected chi connectivity index (χ3v) is 5.22. The minimum absolute atomic E-state index is 0.175. The maximum absolute atomic E-state index is 11.8. The van der Waals surface area contributed by atoms with Crippen LogP contribution in [0.2, 0.25) is 0 Å². The van der Waals surface area contributed by atoms with Gasteiger partial charge in [-0.3, -0.25) is 0 Å². The quantitative estimate of drug-likeness (QED) is 0.789. The van der Waals surface area contributed by atoms with Crippen LogP contribution in [0.1, 0.15) is 26.5 Å². The first-order valence-corrected chi connectivity index (χ1v) is 7.43. The van der Waals surface area contributed by atoms with Crippen LogP contribution in [0.3, 0.4) is 0 Å². The van der Waals surface area contributed by atoms with Gasteiger partial charge >= 0.3 is 0 Å². The number of hydrogen-bond acceptors (Lipinski definition) is 4. The van der Waals surface area contributed by atoms with E-state index < -0.39 is 14.6 Å². The van der Waals surface area contributed by atoms with Crippen molar-refractivity contribution in [3.05, 3.63) is 24.2 Å². The van der Waals surface area contributed by atoms with Crippen molar-refractivity contribution < 1.29 is 12.8 Å². The van der Waals surface area contributed by atoms with E-state index in [1.54, 1.807) is 27.0 Å². The van der Waals surface area contributed by atoms with E-state index in [2.05, 4.69) is 5.32 Å². The first-order valence-electron chi connectivity index (χ1n) is 5.78. The molecule has 1 aromatic heterocycles. The van der Waals surface area contributed by atoms with E-state index in [0.717, 1.165) is 18.7 Å². The Kier molecular flexibility index (Phi) is 4.77. The Morgan fingerprint density at radius 1 is 1.29 bits per heavy atom. The van der Waals surface area contributed by atoms with Gasteiger partial charge in [-0.05, 0) is 32.9 Å². The van der Waals surface area contributed by atoms with E-state index in [9.17, 15) is 8.42 Å². The third-order valence-electron chi connectivity index (χ3n) is 2.61. The summed E-state index contributed by atoms with van der Waals surface area (Å²) >= 11 is 0. The number of sulfone groups is 1. The zero-order valence-corrected chi connectivity index (χ0v) is 11.5. The number of hydrogen-bond donors (Lipinski definition) is 1. The maximum Gasteiger partial charge on any atom is 0.156 e. The van der Waals surface area contributed by atoms with Gasteiger partial charge in [-0.2, -0.15) is 0 Å². The summed E-state index contributed by atoms with van der Waals surface area (Å²) in [7, 11) is -3.02. The number of furan rings is 1. The Morgan fingerprint density at radius 2 is 2.00 bits per heavy atom. The summed E-state index contributed by atoms with van der Waals surface area (Å²) in [5.41, 5.74) is 0. The standard InChI is InChI=1S/C12H21NO3S/c1-12(2,3)17(14,15)10-8-13-7-6-11-5-4-9-16-11/h4-5,9,13H,6-8,10H2,1-3H3. The fraction of sp³-hybridized carbons (Fsp3) is 0.667. The van der Waals surface area contributed by atoms with Crippen LogP contribution in [-0.2, 0) is 16.3 Å². The summed E-state index contributed by atoms with van der Waals surface area (Å²) in [6.07, 6.45) is 2.42. The van der Waals surface area contributed by atoms with Gasteiger partial charge in [0.05, 0.1) is 16.8 Å². The van der Waals surface area contributed by atoms with Crippen molar-refractivity contribution in [2.24, 2.45) is 0 Å². The molecule has 98 valence electrons. The Balaban J connectivity index is 2.21. The van der Waals surface area contributed by atoms with E-state index in [0.29, 0.717) is 6.54 Å². The lowest BCUT2D eigenvalue weighted by molar-refractivity contribution is 0.500. The maximum atomic E-state index is 11.8. The fourth-order valence-electron chi connectivity index (χ4n) is 1.30. The van der Waals surface area contributed by atoms with Gasteiger partial charge in [-0.15, -0.1) is 0 Å². The molecule has 0 aromatic carbocycles. The highest BCUT2D eigenvalue weighted by Crippen LogP contribution is 2.15. The van der Waals surface area contributed by atoms with Crippen molar-refractivity contribution in [1.29, 1.82) is 0 Å². The molecule has 0 aliphatic carbocycles. The molecule has 0 unspecified atom stereocenters. The smallest absolute Gasteiger partial charge is 0.156 e. The second-order valence-electron chi connectivity index (χ2n) is 5.01. The van der Waals surface area contributed by atoms with Crippen LogP contribution in [0.25, 0.3) is 0 Å². The molecule has 0 saturated carbocycles. The predicted molar refractivity (Wildman–Crippen MR) is 68.8 cm³/mol. The SMILES string of the molecule is CC(C)(C)S(=O)(=O)CCNCCc1ccco1. The van der Waals surface area contributed by atoms with Crippen molar-refractivity contribution in [1.82, 2.24) is 5.32 Å². The number of rotatable bonds is 6. The fourth-order valence-corrected chi connectivity index (χ4v) is 2.33. The van der Waals surface area contributed by atoms with Crippen LogP contribution in [0, 0.1) is 0 Å². The molecular weight excluding hydrogens is 238 g/mol. The summed E-state index contributed by atoms with van der Waals surface area (Å²) in [6, 6.07) is 3.76. The van der Waals surface area contributed by atoms with Gasteiger partial charge in [0, 0.05) is 19.5 Å². The molecule has 0 saturated heterocycles. The summed E-state index contributed by atoms with van der Waals surface area (Å²) < 4.78 is 28.1. The summed E-state index contributed by atoms with van der Waals surface area (Å²) in [6.45, 7) is 6.40. The van der Waals surface area contributed by atoms with Gasteiger partial charge in [-0.1, -0.05) is 0 Å². The van der Waals surface area contributed by atoms with Gasteiger partial charge in [0.1, 0.15) is 5.76 Å². The van der Waals surface area contributed by atoms with Crippen molar-refractivity contribution in [2.75, 3.05) is 18.8 Å². The number of nitrogens with one attached hydrogen (secondary N) is 1. The van der Waals surface area contributed by atoms with Gasteiger partial charge < -0.3 is 9.73 Å².